The summed E-state index contributed by atoms with van der Waals surface area (Å²) >= 11 is 0. The van der Waals surface area contributed by atoms with Crippen molar-refractivity contribution in [3.05, 3.63) is 239 Å². The van der Waals surface area contributed by atoms with Gasteiger partial charge < -0.3 is 0 Å². The third-order valence-electron chi connectivity index (χ3n) is 13.1. The summed E-state index contributed by atoms with van der Waals surface area (Å²) in [5.41, 5.74) is 15.1. The van der Waals surface area contributed by atoms with Crippen LogP contribution < -0.4 is 0 Å². The quantitative estimate of drug-likeness (QED) is 0.176. The highest BCUT2D eigenvalue weighted by Gasteiger charge is 2.54. The van der Waals surface area contributed by atoms with E-state index in [1.165, 1.54) is 38.8 Å². The predicted octanol–water partition coefficient (Wildman–Crippen LogP) is 12.5. The molecular formula is C55H36N2O. The van der Waals surface area contributed by atoms with E-state index in [4.69, 9.17) is 9.97 Å². The number of carbonyl (C=O) groups excluding carboxylic acids is 1. The van der Waals surface area contributed by atoms with Crippen molar-refractivity contribution in [2.24, 2.45) is 0 Å². The minimum absolute atomic E-state index is 0.0565. The maximum Gasteiger partial charge on any atom is 0.160 e. The molecular weight excluding hydrogens is 705 g/mol. The number of hydrogen-bond donors (Lipinski definition) is 0. The first-order chi connectivity index (χ1) is 28.7. The van der Waals surface area contributed by atoms with Crippen LogP contribution in [0.2, 0.25) is 0 Å². The number of benzene rings is 8. The molecule has 0 amide bonds. The van der Waals surface area contributed by atoms with Gasteiger partial charge in [-0.2, -0.15) is 0 Å². The number of ketones is 1. The number of fused-ring (bicyclic) bond motifs is 11. The van der Waals surface area contributed by atoms with Crippen LogP contribution in [-0.2, 0) is 10.2 Å². The lowest BCUT2D eigenvalue weighted by Crippen LogP contribution is -2.42. The predicted molar refractivity (Wildman–Crippen MR) is 233 cm³/mol. The molecule has 1 spiro atoms. The van der Waals surface area contributed by atoms with Crippen molar-refractivity contribution in [1.82, 2.24) is 9.97 Å². The Kier molecular flexibility index (Phi) is 7.18. The first-order valence-corrected chi connectivity index (χ1v) is 20.2. The number of Topliss-reactive ketones (excluding diaryl/α,β-unsaturated/α-hetero) is 1. The second-order valence-electron chi connectivity index (χ2n) is 15.9. The lowest BCUT2D eigenvalue weighted by Gasteiger charge is -2.44. The highest BCUT2D eigenvalue weighted by atomic mass is 16.1. The van der Waals surface area contributed by atoms with E-state index >= 15 is 0 Å². The van der Waals surface area contributed by atoms with Crippen molar-refractivity contribution >= 4 is 16.6 Å². The van der Waals surface area contributed by atoms with E-state index in [-0.39, 0.29) is 23.5 Å². The second-order valence-corrected chi connectivity index (χ2v) is 15.9. The van der Waals surface area contributed by atoms with Gasteiger partial charge in [-0.25, -0.2) is 9.97 Å². The molecule has 8 aromatic carbocycles. The van der Waals surface area contributed by atoms with Crippen molar-refractivity contribution in [2.75, 3.05) is 0 Å². The maximum absolute atomic E-state index is 14.1. The Balaban J connectivity index is 1.07. The molecule has 9 aromatic rings. The lowest BCUT2D eigenvalue weighted by molar-refractivity contribution is -0.129. The van der Waals surface area contributed by atoms with Gasteiger partial charge in [0.2, 0.25) is 0 Å². The molecule has 0 bridgehead atoms. The zero-order chi connectivity index (χ0) is 38.4. The fourth-order valence-corrected chi connectivity index (χ4v) is 10.6. The SMILES string of the molecule is O=C1C(c2ccccc2)C(c2ccccc2)C1c1ccc(-c2nc3c(c(-c4cccc5ccccc45)n2)C2(c4ccccc4-c4ccccc42)c2ccccc2-3)cc1. The van der Waals surface area contributed by atoms with E-state index in [2.05, 4.69) is 176 Å². The molecule has 1 fully saturated rings. The number of rotatable bonds is 5. The summed E-state index contributed by atoms with van der Waals surface area (Å²) in [6, 6.07) is 70.9. The normalized spacial score (nSPS) is 18.0. The summed E-state index contributed by atoms with van der Waals surface area (Å²) in [6.07, 6.45) is 0. The molecule has 3 aliphatic rings. The molecule has 12 rings (SSSR count). The van der Waals surface area contributed by atoms with E-state index in [9.17, 15) is 4.79 Å². The summed E-state index contributed by atoms with van der Waals surface area (Å²) in [5, 5.41) is 2.32. The first-order valence-electron chi connectivity index (χ1n) is 20.2. The van der Waals surface area contributed by atoms with Gasteiger partial charge in [0.1, 0.15) is 5.78 Å². The standard InChI is InChI=1S/C55H36N2O/c58-53-48(36-19-5-2-6-20-36)47(35-17-3-1-4-18-35)49(53)37-30-32-38(33-31-37)54-56-51(42-26-15-21-34-16-7-8-22-39(34)42)50-52(57-54)43-25-11-14-29-46(43)55(50)44-27-12-9-23-40(44)41-24-10-13-28-45(41)55/h1-33,47-49H. The van der Waals surface area contributed by atoms with Crippen LogP contribution in [0.25, 0.3) is 55.8 Å². The minimum Gasteiger partial charge on any atom is -0.298 e. The Bertz CT molecular complexity index is 3050. The fourth-order valence-electron chi connectivity index (χ4n) is 10.6. The van der Waals surface area contributed by atoms with Crippen molar-refractivity contribution < 1.29 is 4.79 Å². The van der Waals surface area contributed by atoms with Gasteiger partial charge in [0.15, 0.2) is 5.82 Å². The van der Waals surface area contributed by atoms with Gasteiger partial charge in [-0.1, -0.05) is 200 Å². The molecule has 3 aliphatic carbocycles. The molecule has 0 saturated heterocycles. The molecule has 0 aliphatic heterocycles. The molecule has 0 radical (unpaired) electrons. The van der Waals surface area contributed by atoms with Crippen molar-refractivity contribution in [3.63, 3.8) is 0 Å². The summed E-state index contributed by atoms with van der Waals surface area (Å²) < 4.78 is 0. The molecule has 1 aromatic heterocycles. The average Bonchev–Trinajstić information content (AvgIpc) is 3.76. The Labute approximate surface area is 337 Å². The Morgan fingerprint density at radius 2 is 0.862 bits per heavy atom. The van der Waals surface area contributed by atoms with E-state index in [1.807, 2.05) is 24.3 Å². The zero-order valence-electron chi connectivity index (χ0n) is 31.6. The van der Waals surface area contributed by atoms with Crippen molar-refractivity contribution in [3.8, 4) is 45.0 Å². The highest BCUT2D eigenvalue weighted by Crippen LogP contribution is 2.64. The largest absolute Gasteiger partial charge is 0.298 e. The van der Waals surface area contributed by atoms with Crippen LogP contribution in [0.5, 0.6) is 0 Å². The molecule has 272 valence electrons. The summed E-state index contributed by atoms with van der Waals surface area (Å²) in [7, 11) is 0. The second kappa shape index (κ2) is 12.6. The molecule has 3 nitrogen and oxygen atoms in total. The summed E-state index contributed by atoms with van der Waals surface area (Å²) in [4.78, 5) is 25.3. The monoisotopic (exact) mass is 740 g/mol. The van der Waals surface area contributed by atoms with Crippen LogP contribution in [0, 0.1) is 0 Å². The van der Waals surface area contributed by atoms with Crippen LogP contribution in [0.4, 0.5) is 0 Å². The van der Waals surface area contributed by atoms with Crippen LogP contribution in [0.15, 0.2) is 200 Å². The Hall–Kier alpha value is -7.23. The van der Waals surface area contributed by atoms with Crippen molar-refractivity contribution in [2.45, 2.75) is 23.2 Å². The highest BCUT2D eigenvalue weighted by molar-refractivity contribution is 6.03. The van der Waals surface area contributed by atoms with E-state index in [1.54, 1.807) is 0 Å². The Morgan fingerprint density at radius 1 is 0.397 bits per heavy atom. The van der Waals surface area contributed by atoms with Crippen molar-refractivity contribution in [1.29, 1.82) is 0 Å². The molecule has 3 unspecified atom stereocenters. The van der Waals surface area contributed by atoms with Gasteiger partial charge in [0.25, 0.3) is 0 Å². The van der Waals surface area contributed by atoms with E-state index < -0.39 is 5.41 Å². The van der Waals surface area contributed by atoms with E-state index in [0.717, 1.165) is 50.2 Å². The van der Waals surface area contributed by atoms with Gasteiger partial charge >= 0.3 is 0 Å². The fraction of sp³-hybridized carbons (Fsp3) is 0.0727. The smallest absolute Gasteiger partial charge is 0.160 e. The topological polar surface area (TPSA) is 42.9 Å². The minimum atomic E-state index is -0.597. The number of carbonyl (C=O) groups is 1. The van der Waals surface area contributed by atoms with Gasteiger partial charge in [0.05, 0.1) is 28.6 Å². The summed E-state index contributed by atoms with van der Waals surface area (Å²) in [6.45, 7) is 0. The van der Waals surface area contributed by atoms with E-state index in [0.29, 0.717) is 5.82 Å². The molecule has 1 heterocycles. The lowest BCUT2D eigenvalue weighted by atomic mass is 9.56. The van der Waals surface area contributed by atoms with Gasteiger partial charge in [-0.15, -0.1) is 0 Å². The number of hydrogen-bond acceptors (Lipinski definition) is 3. The third-order valence-corrected chi connectivity index (χ3v) is 13.1. The average molecular weight is 741 g/mol. The van der Waals surface area contributed by atoms with Crippen LogP contribution >= 0.6 is 0 Å². The number of aromatic nitrogens is 2. The van der Waals surface area contributed by atoms with Gasteiger partial charge in [0, 0.05) is 28.2 Å². The van der Waals surface area contributed by atoms with Crippen LogP contribution in [-0.4, -0.2) is 15.8 Å². The first kappa shape index (κ1) is 33.0. The summed E-state index contributed by atoms with van der Waals surface area (Å²) in [5.74, 6) is 0.583. The zero-order valence-corrected chi connectivity index (χ0v) is 31.6. The third kappa shape index (κ3) is 4.53. The molecule has 58 heavy (non-hydrogen) atoms. The van der Waals surface area contributed by atoms with Gasteiger partial charge in [-0.05, 0) is 55.3 Å². The van der Waals surface area contributed by atoms with Crippen LogP contribution in [0.3, 0.4) is 0 Å². The molecule has 0 N–H and O–H groups in total. The number of nitrogens with zero attached hydrogens (tertiary/aromatic N) is 2. The molecule has 3 atom stereocenters. The molecule has 3 heteroatoms. The maximum atomic E-state index is 14.1. The van der Waals surface area contributed by atoms with Gasteiger partial charge in [-0.3, -0.25) is 4.79 Å². The Morgan fingerprint density at radius 3 is 1.52 bits per heavy atom. The van der Waals surface area contributed by atoms with Crippen LogP contribution in [0.1, 0.15) is 56.7 Å². The molecule has 1 saturated carbocycles.